The molecule has 1 atom stereocenters. The SMILES string of the molecule is Cc1noc(C#Cc2ccc3cc(CC(=O)O)ccc3c2)c1NC(=O)OC(C)c1ccccc1. The number of aromatic nitrogens is 1. The summed E-state index contributed by atoms with van der Waals surface area (Å²) < 4.78 is 10.8. The number of carboxylic acids is 1. The quantitative estimate of drug-likeness (QED) is 0.388. The number of nitrogens with zero attached hydrogens (tertiary/aromatic N) is 1. The highest BCUT2D eigenvalue weighted by Crippen LogP contribution is 2.23. The number of nitrogens with one attached hydrogen (secondary N) is 1. The highest BCUT2D eigenvalue weighted by atomic mass is 16.6. The Kier molecular flexibility index (Phi) is 6.60. The van der Waals surface area contributed by atoms with Crippen molar-refractivity contribution in [2.45, 2.75) is 26.4 Å². The fourth-order valence-electron chi connectivity index (χ4n) is 3.47. The van der Waals surface area contributed by atoms with Crippen LogP contribution in [0.5, 0.6) is 0 Å². The second-order valence-corrected chi connectivity index (χ2v) is 7.77. The van der Waals surface area contributed by atoms with Crippen molar-refractivity contribution < 1.29 is 24.0 Å². The van der Waals surface area contributed by atoms with Gasteiger partial charge in [0.05, 0.1) is 6.42 Å². The number of aryl methyl sites for hydroxylation is 1. The standard InChI is InChI=1S/C27H22N2O5/c1-17-26(28-27(32)33-18(2)21-6-4-3-5-7-21)24(34-29-17)13-10-19-8-11-23-15-20(16-25(30)31)9-12-22(23)14-19/h3-9,11-12,14-15,18H,16H2,1-2H3,(H,28,32)(H,30,31). The van der Waals surface area contributed by atoms with E-state index in [1.807, 2.05) is 60.7 Å². The minimum Gasteiger partial charge on any atom is -0.481 e. The van der Waals surface area contributed by atoms with Crippen molar-refractivity contribution in [2.24, 2.45) is 0 Å². The Bertz CT molecular complexity index is 1410. The van der Waals surface area contributed by atoms with Crippen LogP contribution in [0.25, 0.3) is 10.8 Å². The molecule has 1 amide bonds. The van der Waals surface area contributed by atoms with Crippen LogP contribution in [0.3, 0.4) is 0 Å². The van der Waals surface area contributed by atoms with Crippen molar-refractivity contribution in [1.29, 1.82) is 0 Å². The number of ether oxygens (including phenoxy) is 1. The van der Waals surface area contributed by atoms with Crippen LogP contribution in [0, 0.1) is 18.8 Å². The van der Waals surface area contributed by atoms with Crippen molar-refractivity contribution >= 4 is 28.5 Å². The number of hydrogen-bond donors (Lipinski definition) is 2. The maximum absolute atomic E-state index is 12.4. The van der Waals surface area contributed by atoms with Gasteiger partial charge in [0, 0.05) is 5.56 Å². The number of carbonyl (C=O) groups excluding carboxylic acids is 1. The third-order valence-electron chi connectivity index (χ3n) is 5.22. The number of anilines is 1. The average Bonchev–Trinajstić information content (AvgIpc) is 3.16. The first-order valence-electron chi connectivity index (χ1n) is 10.6. The van der Waals surface area contributed by atoms with Gasteiger partial charge in [-0.1, -0.05) is 65.7 Å². The van der Waals surface area contributed by atoms with Gasteiger partial charge in [0.15, 0.2) is 0 Å². The monoisotopic (exact) mass is 454 g/mol. The molecule has 3 aromatic carbocycles. The molecule has 0 saturated heterocycles. The molecule has 0 radical (unpaired) electrons. The average molecular weight is 454 g/mol. The van der Waals surface area contributed by atoms with Gasteiger partial charge in [-0.3, -0.25) is 10.1 Å². The molecule has 1 unspecified atom stereocenters. The van der Waals surface area contributed by atoms with E-state index in [1.54, 1.807) is 19.9 Å². The Labute approximate surface area is 196 Å². The Morgan fingerprint density at radius 1 is 1.06 bits per heavy atom. The van der Waals surface area contributed by atoms with Crippen LogP contribution in [0.1, 0.15) is 41.2 Å². The minimum atomic E-state index is -0.869. The summed E-state index contributed by atoms with van der Waals surface area (Å²) >= 11 is 0. The second kappa shape index (κ2) is 9.92. The molecule has 0 saturated carbocycles. The van der Waals surface area contributed by atoms with Crippen LogP contribution in [0.15, 0.2) is 71.3 Å². The fraction of sp³-hybridized carbons (Fsp3) is 0.148. The second-order valence-electron chi connectivity index (χ2n) is 7.77. The van der Waals surface area contributed by atoms with E-state index in [0.717, 1.165) is 27.5 Å². The molecule has 7 heteroatoms. The lowest BCUT2D eigenvalue weighted by atomic mass is 10.0. The van der Waals surface area contributed by atoms with E-state index in [4.69, 9.17) is 14.4 Å². The van der Waals surface area contributed by atoms with Gasteiger partial charge in [0.2, 0.25) is 5.76 Å². The summed E-state index contributed by atoms with van der Waals surface area (Å²) in [6, 6.07) is 20.6. The number of carbonyl (C=O) groups is 2. The van der Waals surface area contributed by atoms with Gasteiger partial charge in [0.25, 0.3) is 0 Å². The van der Waals surface area contributed by atoms with Crippen molar-refractivity contribution in [3.05, 3.63) is 94.9 Å². The van der Waals surface area contributed by atoms with Gasteiger partial charge in [-0.25, -0.2) is 4.79 Å². The highest BCUT2D eigenvalue weighted by molar-refractivity contribution is 5.87. The van der Waals surface area contributed by atoms with Gasteiger partial charge in [0.1, 0.15) is 17.5 Å². The number of carboxylic acid groups (broad SMARTS) is 1. The molecule has 0 aliphatic heterocycles. The van der Waals surface area contributed by atoms with Crippen LogP contribution in [0.4, 0.5) is 10.5 Å². The Balaban J connectivity index is 1.49. The lowest BCUT2D eigenvalue weighted by Gasteiger charge is -2.13. The summed E-state index contributed by atoms with van der Waals surface area (Å²) in [5.41, 5.74) is 3.19. The highest BCUT2D eigenvalue weighted by Gasteiger charge is 2.17. The lowest BCUT2D eigenvalue weighted by molar-refractivity contribution is -0.136. The largest absolute Gasteiger partial charge is 0.481 e. The van der Waals surface area contributed by atoms with Gasteiger partial charge in [-0.05, 0) is 53.8 Å². The smallest absolute Gasteiger partial charge is 0.412 e. The van der Waals surface area contributed by atoms with E-state index in [1.165, 1.54) is 0 Å². The molecule has 0 spiro atoms. The zero-order chi connectivity index (χ0) is 24.1. The van der Waals surface area contributed by atoms with Crippen LogP contribution in [-0.2, 0) is 16.0 Å². The zero-order valence-electron chi connectivity index (χ0n) is 18.7. The van der Waals surface area contributed by atoms with Crippen molar-refractivity contribution in [3.8, 4) is 11.8 Å². The summed E-state index contributed by atoms with van der Waals surface area (Å²) in [5, 5.41) is 17.4. The first kappa shape index (κ1) is 22.6. The van der Waals surface area contributed by atoms with E-state index >= 15 is 0 Å². The first-order chi connectivity index (χ1) is 16.4. The van der Waals surface area contributed by atoms with E-state index in [0.29, 0.717) is 11.4 Å². The minimum absolute atomic E-state index is 0.0231. The Morgan fingerprint density at radius 3 is 2.56 bits per heavy atom. The number of aliphatic carboxylic acids is 1. The van der Waals surface area contributed by atoms with E-state index < -0.39 is 18.2 Å². The van der Waals surface area contributed by atoms with Gasteiger partial charge >= 0.3 is 12.1 Å². The third kappa shape index (κ3) is 5.43. The molecule has 0 fully saturated rings. The lowest BCUT2D eigenvalue weighted by Crippen LogP contribution is -2.16. The van der Waals surface area contributed by atoms with Crippen molar-refractivity contribution in [2.75, 3.05) is 5.32 Å². The molecular weight excluding hydrogens is 432 g/mol. The van der Waals surface area contributed by atoms with Gasteiger partial charge in [-0.2, -0.15) is 0 Å². The zero-order valence-corrected chi connectivity index (χ0v) is 18.7. The van der Waals surface area contributed by atoms with Crippen LogP contribution in [0.2, 0.25) is 0 Å². The molecule has 34 heavy (non-hydrogen) atoms. The molecule has 7 nitrogen and oxygen atoms in total. The summed E-state index contributed by atoms with van der Waals surface area (Å²) in [4.78, 5) is 23.4. The third-order valence-corrected chi connectivity index (χ3v) is 5.22. The van der Waals surface area contributed by atoms with Crippen LogP contribution in [-0.4, -0.2) is 22.3 Å². The number of amides is 1. The maximum atomic E-state index is 12.4. The molecule has 4 rings (SSSR count). The fourth-order valence-corrected chi connectivity index (χ4v) is 3.47. The van der Waals surface area contributed by atoms with E-state index in [-0.39, 0.29) is 12.2 Å². The number of fused-ring (bicyclic) bond motifs is 1. The summed E-state index contributed by atoms with van der Waals surface area (Å²) in [6.07, 6.45) is -1.08. The predicted octanol–water partition coefficient (Wildman–Crippen LogP) is 5.47. The molecule has 0 aliphatic rings. The van der Waals surface area contributed by atoms with Crippen LogP contribution >= 0.6 is 0 Å². The summed E-state index contributed by atoms with van der Waals surface area (Å²) in [6.45, 7) is 3.50. The predicted molar refractivity (Wildman–Crippen MR) is 127 cm³/mol. The number of rotatable bonds is 5. The maximum Gasteiger partial charge on any atom is 0.412 e. The molecule has 0 aliphatic carbocycles. The van der Waals surface area contributed by atoms with E-state index in [9.17, 15) is 9.59 Å². The normalized spacial score (nSPS) is 11.4. The molecule has 4 aromatic rings. The molecule has 2 N–H and O–H groups in total. The van der Waals surface area contributed by atoms with Crippen molar-refractivity contribution in [1.82, 2.24) is 5.16 Å². The topological polar surface area (TPSA) is 102 Å². The van der Waals surface area contributed by atoms with Gasteiger partial charge < -0.3 is 14.4 Å². The first-order valence-corrected chi connectivity index (χ1v) is 10.6. The molecule has 1 heterocycles. The Hall–Kier alpha value is -4.57. The molecular formula is C27H22N2O5. The van der Waals surface area contributed by atoms with Crippen molar-refractivity contribution in [3.63, 3.8) is 0 Å². The molecule has 170 valence electrons. The summed E-state index contributed by atoms with van der Waals surface area (Å²) in [5.74, 6) is 5.29. The van der Waals surface area contributed by atoms with Gasteiger partial charge in [-0.15, -0.1) is 0 Å². The number of benzene rings is 3. The van der Waals surface area contributed by atoms with E-state index in [2.05, 4.69) is 22.3 Å². The number of hydrogen-bond acceptors (Lipinski definition) is 5. The molecule has 1 aromatic heterocycles. The molecule has 0 bridgehead atoms. The Morgan fingerprint density at radius 2 is 1.79 bits per heavy atom. The summed E-state index contributed by atoms with van der Waals surface area (Å²) in [7, 11) is 0. The van der Waals surface area contributed by atoms with Crippen LogP contribution < -0.4 is 5.32 Å².